The van der Waals surface area contributed by atoms with E-state index >= 15 is 0 Å². The van der Waals surface area contributed by atoms with Gasteiger partial charge in [0.25, 0.3) is 0 Å². The number of nitrogens with one attached hydrogen (secondary N) is 1. The van der Waals surface area contributed by atoms with Crippen LogP contribution in [0, 0.1) is 22.7 Å². The number of halogens is 1. The van der Waals surface area contributed by atoms with Crippen LogP contribution in [0.4, 0.5) is 17.5 Å². The molecule has 10 nitrogen and oxygen atoms in total. The molecule has 5 rings (SSSR count). The highest BCUT2D eigenvalue weighted by Crippen LogP contribution is 2.36. The monoisotopic (exact) mass is 542 g/mol. The van der Waals surface area contributed by atoms with Crippen LogP contribution in [0.2, 0.25) is 5.02 Å². The van der Waals surface area contributed by atoms with E-state index in [-0.39, 0.29) is 24.3 Å². The lowest BCUT2D eigenvalue weighted by Gasteiger charge is -2.24. The number of fused-ring (bicyclic) bond motifs is 1. The van der Waals surface area contributed by atoms with Gasteiger partial charge in [0.05, 0.1) is 35.6 Å². The molecule has 1 saturated carbocycles. The Kier molecular flexibility index (Phi) is 7.78. The van der Waals surface area contributed by atoms with Gasteiger partial charge in [0.1, 0.15) is 11.8 Å². The third kappa shape index (κ3) is 5.73. The molecular formula is C28H27ClN8O2. The van der Waals surface area contributed by atoms with Gasteiger partial charge in [0, 0.05) is 19.2 Å². The molecule has 0 atom stereocenters. The largest absolute Gasteiger partial charge is 0.497 e. The average molecular weight is 543 g/mol. The summed E-state index contributed by atoms with van der Waals surface area (Å²) in [5.41, 5.74) is 3.64. The smallest absolute Gasteiger partial charge is 0.247 e. The molecule has 198 valence electrons. The molecule has 0 bridgehead atoms. The molecule has 2 N–H and O–H groups in total. The van der Waals surface area contributed by atoms with Gasteiger partial charge >= 0.3 is 0 Å². The predicted octanol–water partition coefficient (Wildman–Crippen LogP) is 4.76. The van der Waals surface area contributed by atoms with Crippen LogP contribution in [0.25, 0.3) is 5.65 Å². The summed E-state index contributed by atoms with van der Waals surface area (Å²) in [7, 11) is 1.64. The number of ether oxygens (including phenoxy) is 1. The van der Waals surface area contributed by atoms with E-state index < -0.39 is 0 Å². The molecule has 1 aliphatic carbocycles. The molecular weight excluding hydrogens is 516 g/mol. The van der Waals surface area contributed by atoms with Crippen molar-refractivity contribution in [2.75, 3.05) is 23.9 Å². The summed E-state index contributed by atoms with van der Waals surface area (Å²) < 4.78 is 6.78. The van der Waals surface area contributed by atoms with Crippen molar-refractivity contribution in [3.63, 3.8) is 0 Å². The summed E-state index contributed by atoms with van der Waals surface area (Å²) in [4.78, 5) is 11.5. The molecule has 0 radical (unpaired) electrons. The second-order valence-corrected chi connectivity index (χ2v) is 9.77. The van der Waals surface area contributed by atoms with Crippen LogP contribution in [0.15, 0.2) is 42.6 Å². The Hall–Kier alpha value is -4.38. The van der Waals surface area contributed by atoms with Gasteiger partial charge in [-0.1, -0.05) is 23.7 Å². The summed E-state index contributed by atoms with van der Waals surface area (Å²) in [5.74, 6) is 1.61. The van der Waals surface area contributed by atoms with Crippen molar-refractivity contribution in [3.05, 3.63) is 70.0 Å². The second-order valence-electron chi connectivity index (χ2n) is 9.36. The lowest BCUT2D eigenvalue weighted by Crippen LogP contribution is -2.27. The molecule has 0 amide bonds. The Bertz CT molecular complexity index is 1570. The standard InChI is InChI=1S/C28H27ClN8O2/c1-39-23-9-5-18(6-10-23)17-36(21-7-8-21)27-26-32-16-22(15-31)37(26)35-28(34-27)33-25-13-20(14-30)19(12-24(25)29)4-2-3-11-38/h5-6,9-10,12-13,16,21,38H,2-4,7-8,11,17H2,1H3,(H,33,35). The molecule has 0 spiro atoms. The fourth-order valence-corrected chi connectivity index (χ4v) is 4.68. The fraction of sp³-hybridized carbons (Fsp3) is 0.321. The number of unbranched alkanes of at least 4 members (excludes halogenated alkanes) is 1. The van der Waals surface area contributed by atoms with Crippen LogP contribution in [0.1, 0.15) is 48.1 Å². The number of nitriles is 2. The van der Waals surface area contributed by atoms with E-state index in [2.05, 4.69) is 32.4 Å². The molecule has 11 heteroatoms. The number of methoxy groups -OCH3 is 1. The zero-order valence-electron chi connectivity index (χ0n) is 21.4. The van der Waals surface area contributed by atoms with E-state index in [1.807, 2.05) is 24.3 Å². The third-order valence-corrected chi connectivity index (χ3v) is 6.96. The number of aromatic nitrogens is 4. The van der Waals surface area contributed by atoms with Crippen molar-refractivity contribution in [2.45, 2.75) is 44.7 Å². The van der Waals surface area contributed by atoms with Gasteiger partial charge in [-0.05, 0) is 67.5 Å². The lowest BCUT2D eigenvalue weighted by molar-refractivity contribution is 0.284. The minimum atomic E-state index is 0.104. The molecule has 39 heavy (non-hydrogen) atoms. The van der Waals surface area contributed by atoms with Gasteiger partial charge in [0.2, 0.25) is 5.95 Å². The fourth-order valence-electron chi connectivity index (χ4n) is 4.45. The Balaban J connectivity index is 1.52. The van der Waals surface area contributed by atoms with Gasteiger partial charge in [-0.3, -0.25) is 0 Å². The number of rotatable bonds is 11. The number of aryl methyl sites for hydroxylation is 1. The van der Waals surface area contributed by atoms with Crippen LogP contribution < -0.4 is 15.0 Å². The highest BCUT2D eigenvalue weighted by Gasteiger charge is 2.33. The van der Waals surface area contributed by atoms with Gasteiger partial charge in [-0.2, -0.15) is 20.0 Å². The van der Waals surface area contributed by atoms with Gasteiger partial charge in [-0.15, -0.1) is 5.10 Å². The van der Waals surface area contributed by atoms with Gasteiger partial charge < -0.3 is 20.1 Å². The summed E-state index contributed by atoms with van der Waals surface area (Å²) in [6.07, 6.45) is 5.57. The third-order valence-electron chi connectivity index (χ3n) is 6.64. The van der Waals surface area contributed by atoms with E-state index in [0.29, 0.717) is 47.1 Å². The second kappa shape index (κ2) is 11.6. The Morgan fingerprint density at radius 2 is 1.97 bits per heavy atom. The number of hydrogen-bond acceptors (Lipinski definition) is 9. The molecule has 1 aliphatic rings. The molecule has 2 aromatic carbocycles. The maximum absolute atomic E-state index is 9.73. The number of benzene rings is 2. The van der Waals surface area contributed by atoms with E-state index in [9.17, 15) is 10.5 Å². The molecule has 4 aromatic rings. The van der Waals surface area contributed by atoms with Crippen molar-refractivity contribution in [3.8, 4) is 17.9 Å². The number of imidazole rings is 1. The summed E-state index contributed by atoms with van der Waals surface area (Å²) >= 11 is 6.60. The maximum atomic E-state index is 9.73. The quantitative estimate of drug-likeness (QED) is 0.257. The van der Waals surface area contributed by atoms with E-state index in [4.69, 9.17) is 26.4 Å². The summed E-state index contributed by atoms with van der Waals surface area (Å²) in [5, 5.41) is 36.6. The highest BCUT2D eigenvalue weighted by atomic mass is 35.5. The normalized spacial score (nSPS) is 12.6. The van der Waals surface area contributed by atoms with Crippen molar-refractivity contribution in [2.24, 2.45) is 0 Å². The lowest BCUT2D eigenvalue weighted by atomic mass is 10.0. The number of anilines is 3. The van der Waals surface area contributed by atoms with Gasteiger partial charge in [0.15, 0.2) is 17.2 Å². The van der Waals surface area contributed by atoms with E-state index in [1.165, 1.54) is 10.7 Å². The van der Waals surface area contributed by atoms with Crippen LogP contribution in [0.3, 0.4) is 0 Å². The van der Waals surface area contributed by atoms with Crippen LogP contribution in [-0.4, -0.2) is 44.4 Å². The summed E-state index contributed by atoms with van der Waals surface area (Å²) in [6, 6.07) is 16.0. The summed E-state index contributed by atoms with van der Waals surface area (Å²) in [6.45, 7) is 0.698. The van der Waals surface area contributed by atoms with E-state index in [0.717, 1.165) is 36.1 Å². The molecule has 1 fully saturated rings. The minimum absolute atomic E-state index is 0.104. The van der Waals surface area contributed by atoms with Crippen LogP contribution in [0.5, 0.6) is 5.75 Å². The molecule has 0 saturated heterocycles. The Morgan fingerprint density at radius 1 is 1.18 bits per heavy atom. The Morgan fingerprint density at radius 3 is 2.64 bits per heavy atom. The number of aliphatic hydroxyl groups is 1. The van der Waals surface area contributed by atoms with Crippen LogP contribution >= 0.6 is 11.6 Å². The van der Waals surface area contributed by atoms with Crippen molar-refractivity contribution in [1.82, 2.24) is 19.6 Å². The van der Waals surface area contributed by atoms with E-state index in [1.54, 1.807) is 19.2 Å². The van der Waals surface area contributed by atoms with Crippen LogP contribution in [-0.2, 0) is 13.0 Å². The first kappa shape index (κ1) is 26.2. The first-order valence-electron chi connectivity index (χ1n) is 12.7. The van der Waals surface area contributed by atoms with Crippen molar-refractivity contribution in [1.29, 1.82) is 10.5 Å². The number of hydrogen-bond donors (Lipinski definition) is 2. The first-order chi connectivity index (χ1) is 19.0. The number of nitrogens with zero attached hydrogens (tertiary/aromatic N) is 7. The van der Waals surface area contributed by atoms with Crippen molar-refractivity contribution < 1.29 is 9.84 Å². The average Bonchev–Trinajstić information content (AvgIpc) is 3.72. The molecule has 2 heterocycles. The predicted molar refractivity (Wildman–Crippen MR) is 147 cm³/mol. The SMILES string of the molecule is COc1ccc(CN(c2nc(Nc3cc(C#N)c(CCCCO)cc3Cl)nn3c(C#N)cnc23)C2CC2)cc1. The maximum Gasteiger partial charge on any atom is 0.247 e. The van der Waals surface area contributed by atoms with Gasteiger partial charge in [-0.25, -0.2) is 4.98 Å². The first-order valence-corrected chi connectivity index (χ1v) is 13.1. The molecule has 0 unspecified atom stereocenters. The topological polar surface area (TPSA) is 135 Å². The van der Waals surface area contributed by atoms with Crippen molar-refractivity contribution >= 4 is 34.7 Å². The molecule has 2 aromatic heterocycles. The minimum Gasteiger partial charge on any atom is -0.497 e. The highest BCUT2D eigenvalue weighted by molar-refractivity contribution is 6.33. The zero-order valence-corrected chi connectivity index (χ0v) is 22.2. The molecule has 0 aliphatic heterocycles. The Labute approximate surface area is 231 Å². The zero-order chi connectivity index (χ0) is 27.4. The number of aliphatic hydroxyl groups excluding tert-OH is 1.